The third-order valence-corrected chi connectivity index (χ3v) is 1.91. The first-order valence-corrected chi connectivity index (χ1v) is 4.52. The first-order chi connectivity index (χ1) is 5.72. The van der Waals surface area contributed by atoms with Crippen LogP contribution in [0.4, 0.5) is 0 Å². The Balaban J connectivity index is 2.23. The lowest BCUT2D eigenvalue weighted by molar-refractivity contribution is -0.121. The smallest absolute Gasteiger partial charge is 0.222 e. The molecule has 1 aliphatic rings. The van der Waals surface area contributed by atoms with Gasteiger partial charge in [-0.1, -0.05) is 0 Å². The zero-order valence-electron chi connectivity index (χ0n) is 6.67. The van der Waals surface area contributed by atoms with Gasteiger partial charge < -0.3 is 10.6 Å². The minimum atomic E-state index is -0.0356. The molecule has 12 heavy (non-hydrogen) atoms. The number of carbonyl (C=O) groups is 2. The summed E-state index contributed by atoms with van der Waals surface area (Å²) in [4.78, 5) is 21.7. The van der Waals surface area contributed by atoms with Crippen LogP contribution in [0.5, 0.6) is 0 Å². The van der Waals surface area contributed by atoms with Gasteiger partial charge in [0, 0.05) is 19.4 Å². The van der Waals surface area contributed by atoms with Gasteiger partial charge in [-0.05, 0) is 5.75 Å². The third kappa shape index (κ3) is 2.73. The third-order valence-electron chi connectivity index (χ3n) is 1.68. The molecule has 0 radical (unpaired) electrons. The molecule has 2 amide bonds. The van der Waals surface area contributed by atoms with Crippen LogP contribution in [0.15, 0.2) is 0 Å². The molecule has 2 N–H and O–H groups in total. The molecule has 1 rings (SSSR count). The molecule has 0 aliphatic carbocycles. The van der Waals surface area contributed by atoms with Crippen LogP contribution in [0.1, 0.15) is 12.8 Å². The molecule has 1 aliphatic heterocycles. The number of hydrogen-bond donors (Lipinski definition) is 3. The topological polar surface area (TPSA) is 58.2 Å². The zero-order chi connectivity index (χ0) is 8.97. The number of nitrogens with one attached hydrogen (secondary N) is 2. The van der Waals surface area contributed by atoms with Gasteiger partial charge in [-0.15, -0.1) is 0 Å². The summed E-state index contributed by atoms with van der Waals surface area (Å²) < 4.78 is 0. The van der Waals surface area contributed by atoms with Crippen molar-refractivity contribution in [3.63, 3.8) is 0 Å². The number of hydrogen-bond acceptors (Lipinski definition) is 3. The average Bonchev–Trinajstić information content (AvgIpc) is 2.36. The maximum Gasteiger partial charge on any atom is 0.222 e. The molecule has 1 unspecified atom stereocenters. The monoisotopic (exact) mass is 188 g/mol. The van der Waals surface area contributed by atoms with Crippen LogP contribution >= 0.6 is 12.6 Å². The van der Waals surface area contributed by atoms with Gasteiger partial charge in [-0.25, -0.2) is 0 Å². The second kappa shape index (κ2) is 4.35. The number of thiol groups is 1. The Labute approximate surface area is 76.5 Å². The van der Waals surface area contributed by atoms with Crippen molar-refractivity contribution in [1.29, 1.82) is 0 Å². The van der Waals surface area contributed by atoms with Crippen LogP contribution in [0.3, 0.4) is 0 Å². The lowest BCUT2D eigenvalue weighted by Crippen LogP contribution is -2.36. The lowest BCUT2D eigenvalue weighted by atomic mass is 10.2. The van der Waals surface area contributed by atoms with Crippen LogP contribution in [0.2, 0.25) is 0 Å². The van der Waals surface area contributed by atoms with Gasteiger partial charge in [0.05, 0.1) is 6.04 Å². The molecule has 1 atom stereocenters. The van der Waals surface area contributed by atoms with E-state index in [1.807, 2.05) is 0 Å². The van der Waals surface area contributed by atoms with Crippen molar-refractivity contribution in [2.75, 3.05) is 12.3 Å². The minimum Gasteiger partial charge on any atom is -0.354 e. The van der Waals surface area contributed by atoms with Crippen molar-refractivity contribution in [3.8, 4) is 0 Å². The molecule has 0 bridgehead atoms. The first-order valence-electron chi connectivity index (χ1n) is 3.89. The summed E-state index contributed by atoms with van der Waals surface area (Å²) in [7, 11) is 0. The fourth-order valence-corrected chi connectivity index (χ4v) is 1.31. The van der Waals surface area contributed by atoms with Gasteiger partial charge in [0.15, 0.2) is 0 Å². The standard InChI is InChI=1S/C7H12N2O2S/c10-6(1-2-12)9-5-3-7(11)8-4-5/h5,12H,1-4H2,(H,8,11)(H,9,10). The van der Waals surface area contributed by atoms with Crippen molar-refractivity contribution in [1.82, 2.24) is 10.6 Å². The Morgan fingerprint density at radius 1 is 1.75 bits per heavy atom. The zero-order valence-corrected chi connectivity index (χ0v) is 7.56. The van der Waals surface area contributed by atoms with E-state index in [9.17, 15) is 9.59 Å². The van der Waals surface area contributed by atoms with Crippen LogP contribution in [0, 0.1) is 0 Å². The molecule has 1 fully saturated rings. The summed E-state index contributed by atoms with van der Waals surface area (Å²) in [6, 6.07) is -0.0233. The molecule has 4 nitrogen and oxygen atoms in total. The van der Waals surface area contributed by atoms with Crippen molar-refractivity contribution in [2.24, 2.45) is 0 Å². The summed E-state index contributed by atoms with van der Waals surface area (Å²) >= 11 is 3.93. The Bertz CT molecular complexity index is 196. The second-order valence-corrected chi connectivity index (χ2v) is 3.19. The first kappa shape index (κ1) is 9.38. The van der Waals surface area contributed by atoms with Crippen LogP contribution in [-0.2, 0) is 9.59 Å². The predicted molar refractivity (Wildman–Crippen MR) is 48.0 cm³/mol. The molecule has 0 spiro atoms. The highest BCUT2D eigenvalue weighted by Gasteiger charge is 2.22. The van der Waals surface area contributed by atoms with Crippen LogP contribution in [-0.4, -0.2) is 30.2 Å². The largest absolute Gasteiger partial charge is 0.354 e. The molecule has 1 heterocycles. The maximum atomic E-state index is 11.0. The Morgan fingerprint density at radius 3 is 3.00 bits per heavy atom. The highest BCUT2D eigenvalue weighted by Crippen LogP contribution is 1.99. The number of carbonyl (C=O) groups excluding carboxylic acids is 2. The highest BCUT2D eigenvalue weighted by atomic mass is 32.1. The van der Waals surface area contributed by atoms with Gasteiger partial charge in [0.1, 0.15) is 0 Å². The van der Waals surface area contributed by atoms with E-state index in [-0.39, 0.29) is 17.9 Å². The number of amides is 2. The Morgan fingerprint density at radius 2 is 2.50 bits per heavy atom. The SMILES string of the molecule is O=C1CC(NC(=O)CCS)CN1. The van der Waals surface area contributed by atoms with Gasteiger partial charge in [0.2, 0.25) is 11.8 Å². The second-order valence-electron chi connectivity index (χ2n) is 2.75. The molecule has 0 aromatic heterocycles. The molecule has 0 aromatic carbocycles. The van der Waals surface area contributed by atoms with Crippen LogP contribution < -0.4 is 10.6 Å². The fraction of sp³-hybridized carbons (Fsp3) is 0.714. The Kier molecular flexibility index (Phi) is 3.40. The van der Waals surface area contributed by atoms with E-state index in [0.29, 0.717) is 25.1 Å². The normalized spacial score (nSPS) is 22.1. The van der Waals surface area contributed by atoms with Gasteiger partial charge in [-0.3, -0.25) is 9.59 Å². The van der Waals surface area contributed by atoms with Crippen molar-refractivity contribution in [3.05, 3.63) is 0 Å². The van der Waals surface area contributed by atoms with Gasteiger partial charge in [0.25, 0.3) is 0 Å². The van der Waals surface area contributed by atoms with E-state index in [1.54, 1.807) is 0 Å². The number of rotatable bonds is 3. The Hall–Kier alpha value is -0.710. The molecule has 5 heteroatoms. The summed E-state index contributed by atoms with van der Waals surface area (Å²) in [5.41, 5.74) is 0. The average molecular weight is 188 g/mol. The molecular weight excluding hydrogens is 176 g/mol. The quantitative estimate of drug-likeness (QED) is 0.513. The van der Waals surface area contributed by atoms with Gasteiger partial charge in [-0.2, -0.15) is 12.6 Å². The molecule has 0 aromatic rings. The van der Waals surface area contributed by atoms with E-state index < -0.39 is 0 Å². The summed E-state index contributed by atoms with van der Waals surface area (Å²) in [5, 5.41) is 5.38. The lowest BCUT2D eigenvalue weighted by Gasteiger charge is -2.08. The molecule has 0 saturated carbocycles. The van der Waals surface area contributed by atoms with E-state index in [2.05, 4.69) is 23.3 Å². The molecular formula is C7H12N2O2S. The summed E-state index contributed by atoms with van der Waals surface area (Å²) in [5.74, 6) is 0.512. The summed E-state index contributed by atoms with van der Waals surface area (Å²) in [6.07, 6.45) is 0.812. The fourth-order valence-electron chi connectivity index (χ4n) is 1.11. The van der Waals surface area contributed by atoms with E-state index in [1.165, 1.54) is 0 Å². The van der Waals surface area contributed by atoms with E-state index >= 15 is 0 Å². The minimum absolute atomic E-state index is 0.00572. The van der Waals surface area contributed by atoms with Crippen molar-refractivity contribution < 1.29 is 9.59 Å². The van der Waals surface area contributed by atoms with Gasteiger partial charge >= 0.3 is 0 Å². The van der Waals surface area contributed by atoms with Crippen molar-refractivity contribution in [2.45, 2.75) is 18.9 Å². The maximum absolute atomic E-state index is 11.0. The predicted octanol–water partition coefficient (Wildman–Crippen LogP) is -0.689. The highest BCUT2D eigenvalue weighted by molar-refractivity contribution is 7.80. The summed E-state index contributed by atoms with van der Waals surface area (Å²) in [6.45, 7) is 0.553. The van der Waals surface area contributed by atoms with E-state index in [0.717, 1.165) is 0 Å². The molecule has 1 saturated heterocycles. The molecule has 68 valence electrons. The van der Waals surface area contributed by atoms with E-state index in [4.69, 9.17) is 0 Å². The van der Waals surface area contributed by atoms with Crippen molar-refractivity contribution >= 4 is 24.4 Å². The van der Waals surface area contributed by atoms with Crippen LogP contribution in [0.25, 0.3) is 0 Å².